The third-order valence-electron chi connectivity index (χ3n) is 3.33. The van der Waals surface area contributed by atoms with Gasteiger partial charge in [-0.25, -0.2) is 4.79 Å². The van der Waals surface area contributed by atoms with E-state index in [1.165, 1.54) is 4.90 Å². The summed E-state index contributed by atoms with van der Waals surface area (Å²) in [5.74, 6) is -1.67. The first kappa shape index (κ1) is 11.8. The molecule has 94 valence electrons. The molecule has 1 aliphatic carbocycles. The number of rotatable bonds is 4. The molecule has 2 amide bonds. The third-order valence-corrected chi connectivity index (χ3v) is 3.33. The molecule has 0 aromatic rings. The van der Waals surface area contributed by atoms with Gasteiger partial charge in [0.05, 0.1) is 6.10 Å². The lowest BCUT2D eigenvalue weighted by Gasteiger charge is -2.23. The van der Waals surface area contributed by atoms with Crippen LogP contribution in [0.3, 0.4) is 0 Å². The lowest BCUT2D eigenvalue weighted by Crippen LogP contribution is -2.53. The molecule has 2 aliphatic rings. The van der Waals surface area contributed by atoms with Crippen LogP contribution in [0.25, 0.3) is 0 Å². The maximum absolute atomic E-state index is 11.9. The van der Waals surface area contributed by atoms with Gasteiger partial charge in [-0.3, -0.25) is 9.59 Å². The quantitative estimate of drug-likeness (QED) is 0.510. The van der Waals surface area contributed by atoms with Gasteiger partial charge in [0.25, 0.3) is 0 Å². The summed E-state index contributed by atoms with van der Waals surface area (Å²) < 4.78 is 0. The number of carbonyl (C=O) groups is 3. The van der Waals surface area contributed by atoms with Gasteiger partial charge >= 0.3 is 5.97 Å². The molecule has 7 nitrogen and oxygen atoms in total. The number of hydrogen-bond donors (Lipinski definition) is 3. The molecule has 17 heavy (non-hydrogen) atoms. The lowest BCUT2D eigenvalue weighted by atomic mass is 10.1. The fourth-order valence-corrected chi connectivity index (χ4v) is 2.07. The molecular weight excluding hydrogens is 228 g/mol. The van der Waals surface area contributed by atoms with Gasteiger partial charge in [0.2, 0.25) is 12.3 Å². The number of aliphatic hydroxyl groups excluding tert-OH is 1. The van der Waals surface area contributed by atoms with Crippen LogP contribution in [0.1, 0.15) is 19.3 Å². The van der Waals surface area contributed by atoms with Crippen molar-refractivity contribution in [2.45, 2.75) is 36.9 Å². The number of likely N-dealkylation sites (tertiary alicyclic amines) is 1. The van der Waals surface area contributed by atoms with E-state index in [9.17, 15) is 19.5 Å². The van der Waals surface area contributed by atoms with Crippen molar-refractivity contribution in [2.24, 2.45) is 0 Å². The van der Waals surface area contributed by atoms with Crippen molar-refractivity contribution in [3.05, 3.63) is 0 Å². The Kier molecular flexibility index (Phi) is 2.78. The fraction of sp³-hybridized carbons (Fsp3) is 0.700. The molecule has 7 heteroatoms. The Hall–Kier alpha value is -1.63. The summed E-state index contributed by atoms with van der Waals surface area (Å²) in [6, 6.07) is -0.968. The molecule has 1 saturated carbocycles. The summed E-state index contributed by atoms with van der Waals surface area (Å²) in [5, 5.41) is 20.9. The van der Waals surface area contributed by atoms with Gasteiger partial charge in [-0.1, -0.05) is 0 Å². The van der Waals surface area contributed by atoms with Crippen LogP contribution >= 0.6 is 0 Å². The number of hydrogen-bond acceptors (Lipinski definition) is 4. The normalized spacial score (nSPS) is 29.8. The average molecular weight is 242 g/mol. The molecule has 2 fully saturated rings. The molecular formula is C10H14N2O5. The van der Waals surface area contributed by atoms with Crippen molar-refractivity contribution >= 4 is 18.3 Å². The van der Waals surface area contributed by atoms with Crippen molar-refractivity contribution in [1.29, 1.82) is 0 Å². The van der Waals surface area contributed by atoms with E-state index in [1.54, 1.807) is 0 Å². The third kappa shape index (κ3) is 1.97. The first-order valence-electron chi connectivity index (χ1n) is 5.45. The van der Waals surface area contributed by atoms with Crippen molar-refractivity contribution < 1.29 is 24.6 Å². The predicted molar refractivity (Wildman–Crippen MR) is 54.9 cm³/mol. The highest BCUT2D eigenvalue weighted by atomic mass is 16.4. The summed E-state index contributed by atoms with van der Waals surface area (Å²) in [7, 11) is 0. The fourth-order valence-electron chi connectivity index (χ4n) is 2.07. The smallest absolute Gasteiger partial charge is 0.329 e. The zero-order chi connectivity index (χ0) is 12.6. The molecule has 0 radical (unpaired) electrons. The zero-order valence-corrected chi connectivity index (χ0v) is 9.13. The first-order valence-corrected chi connectivity index (χ1v) is 5.45. The van der Waals surface area contributed by atoms with Gasteiger partial charge in [-0.2, -0.15) is 0 Å². The van der Waals surface area contributed by atoms with Gasteiger partial charge in [0, 0.05) is 6.54 Å². The molecule has 1 heterocycles. The van der Waals surface area contributed by atoms with Crippen molar-refractivity contribution in [2.75, 3.05) is 6.54 Å². The van der Waals surface area contributed by atoms with Crippen LogP contribution in [0.4, 0.5) is 0 Å². The molecule has 2 unspecified atom stereocenters. The van der Waals surface area contributed by atoms with Crippen LogP contribution in [0.5, 0.6) is 0 Å². The summed E-state index contributed by atoms with van der Waals surface area (Å²) in [5.41, 5.74) is -1.19. The number of amides is 2. The summed E-state index contributed by atoms with van der Waals surface area (Å²) in [4.78, 5) is 34.6. The van der Waals surface area contributed by atoms with Crippen molar-refractivity contribution in [1.82, 2.24) is 10.2 Å². The van der Waals surface area contributed by atoms with Crippen LogP contribution < -0.4 is 5.32 Å². The summed E-state index contributed by atoms with van der Waals surface area (Å²) in [6.07, 6.45) is 0.679. The Bertz CT molecular complexity index is 366. The number of carbonyl (C=O) groups excluding carboxylic acids is 2. The van der Waals surface area contributed by atoms with Crippen LogP contribution in [0, 0.1) is 0 Å². The van der Waals surface area contributed by atoms with Gasteiger partial charge in [-0.15, -0.1) is 0 Å². The summed E-state index contributed by atoms with van der Waals surface area (Å²) in [6.45, 7) is 0.308. The molecule has 1 saturated heterocycles. The van der Waals surface area contributed by atoms with E-state index < -0.39 is 29.6 Å². The van der Waals surface area contributed by atoms with Crippen LogP contribution in [-0.2, 0) is 14.4 Å². The molecule has 3 N–H and O–H groups in total. The minimum absolute atomic E-state index is 0.308. The molecule has 0 spiro atoms. The highest BCUT2D eigenvalue weighted by Crippen LogP contribution is 2.36. The number of aliphatic carboxylic acids is 1. The van der Waals surface area contributed by atoms with Gasteiger partial charge in [-0.05, 0) is 19.3 Å². The van der Waals surface area contributed by atoms with Crippen LogP contribution in [-0.4, -0.2) is 57.6 Å². The van der Waals surface area contributed by atoms with Crippen LogP contribution in [0.15, 0.2) is 0 Å². The average Bonchev–Trinajstić information content (AvgIpc) is 2.95. The second-order valence-electron chi connectivity index (χ2n) is 4.52. The highest BCUT2D eigenvalue weighted by Gasteiger charge is 2.53. The van der Waals surface area contributed by atoms with E-state index >= 15 is 0 Å². The molecule has 2 atom stereocenters. The second kappa shape index (κ2) is 3.99. The lowest BCUT2D eigenvalue weighted by molar-refractivity contribution is -0.144. The number of carboxylic acid groups (broad SMARTS) is 1. The summed E-state index contributed by atoms with van der Waals surface area (Å²) >= 11 is 0. The number of aliphatic hydroxyl groups is 1. The Balaban J connectivity index is 2.04. The SMILES string of the molecule is O=CN1CCC(O)C1C(=O)NC1(C(=O)O)CC1. The van der Waals surface area contributed by atoms with Gasteiger partial charge in [0.15, 0.2) is 0 Å². The monoisotopic (exact) mass is 242 g/mol. The maximum Gasteiger partial charge on any atom is 0.329 e. The van der Waals surface area contributed by atoms with E-state index in [0.717, 1.165) is 0 Å². The van der Waals surface area contributed by atoms with E-state index in [4.69, 9.17) is 5.11 Å². The molecule has 2 rings (SSSR count). The highest BCUT2D eigenvalue weighted by molar-refractivity contribution is 5.92. The minimum atomic E-state index is -1.19. The Morgan fingerprint density at radius 3 is 2.53 bits per heavy atom. The molecule has 0 aromatic carbocycles. The molecule has 1 aliphatic heterocycles. The number of nitrogens with zero attached hydrogens (tertiary/aromatic N) is 1. The first-order chi connectivity index (χ1) is 8.00. The Labute approximate surface area is 97.4 Å². The van der Waals surface area contributed by atoms with Crippen LogP contribution in [0.2, 0.25) is 0 Å². The number of carboxylic acids is 1. The van der Waals surface area contributed by atoms with Gasteiger partial charge in [0.1, 0.15) is 11.6 Å². The minimum Gasteiger partial charge on any atom is -0.480 e. The predicted octanol–water partition coefficient (Wildman–Crippen LogP) is -1.69. The topological polar surface area (TPSA) is 107 Å². The largest absolute Gasteiger partial charge is 0.480 e. The van der Waals surface area contributed by atoms with Gasteiger partial charge < -0.3 is 20.4 Å². The molecule has 0 aromatic heterocycles. The van der Waals surface area contributed by atoms with E-state index in [-0.39, 0.29) is 0 Å². The number of nitrogens with one attached hydrogen (secondary N) is 1. The Morgan fingerprint density at radius 1 is 1.41 bits per heavy atom. The van der Waals surface area contributed by atoms with E-state index in [1.807, 2.05) is 0 Å². The zero-order valence-electron chi connectivity index (χ0n) is 9.13. The van der Waals surface area contributed by atoms with Crippen molar-refractivity contribution in [3.8, 4) is 0 Å². The van der Waals surface area contributed by atoms with E-state index in [0.29, 0.717) is 32.2 Å². The Morgan fingerprint density at radius 2 is 2.06 bits per heavy atom. The molecule has 0 bridgehead atoms. The van der Waals surface area contributed by atoms with E-state index in [2.05, 4.69) is 5.32 Å². The standard InChI is InChI=1S/C10H14N2O5/c13-5-12-4-1-6(14)7(12)8(15)11-10(2-3-10)9(16)17/h5-7,14H,1-4H2,(H,11,15)(H,16,17). The second-order valence-corrected chi connectivity index (χ2v) is 4.52. The van der Waals surface area contributed by atoms with Crippen molar-refractivity contribution in [3.63, 3.8) is 0 Å². The maximum atomic E-state index is 11.9.